The number of rotatable bonds is 4. The molecule has 6 heteroatoms. The highest BCUT2D eigenvalue weighted by molar-refractivity contribution is 6.02. The smallest absolute Gasteiger partial charge is 0.393 e. The molecule has 0 aliphatic carbocycles. The Balaban J connectivity index is 0.000000237. The van der Waals surface area contributed by atoms with Crippen molar-refractivity contribution in [2.45, 2.75) is 11.8 Å². The summed E-state index contributed by atoms with van der Waals surface area (Å²) < 4.78 is 35.4. The van der Waals surface area contributed by atoms with Crippen molar-refractivity contribution in [3.05, 3.63) is 108 Å². The molecular formula is C22H19F3O3. The summed E-state index contributed by atoms with van der Waals surface area (Å²) in [6.45, 7) is -0.648. The van der Waals surface area contributed by atoms with Crippen LogP contribution in [0.3, 0.4) is 0 Å². The molecule has 28 heavy (non-hydrogen) atoms. The monoisotopic (exact) mass is 388 g/mol. The van der Waals surface area contributed by atoms with Gasteiger partial charge in [-0.2, -0.15) is 13.2 Å². The van der Waals surface area contributed by atoms with Gasteiger partial charge >= 0.3 is 6.18 Å². The zero-order valence-electron chi connectivity index (χ0n) is 14.8. The SMILES string of the molecule is FC(F)(F)c1ccccc1.O=C(c1ccccc1)C(O)(CO)c1ccccc1. The van der Waals surface area contributed by atoms with E-state index in [4.69, 9.17) is 0 Å². The zero-order chi connectivity index (χ0) is 20.6. The first kappa shape index (κ1) is 21.3. The van der Waals surface area contributed by atoms with Crippen LogP contribution in [0.5, 0.6) is 0 Å². The Labute approximate surface area is 160 Å². The van der Waals surface area contributed by atoms with Gasteiger partial charge in [-0.1, -0.05) is 91.0 Å². The number of carbonyl (C=O) groups excluding carboxylic acids is 1. The fraction of sp³-hybridized carbons (Fsp3) is 0.136. The molecule has 0 radical (unpaired) electrons. The third-order valence-corrected chi connectivity index (χ3v) is 3.99. The Morgan fingerprint density at radius 1 is 0.714 bits per heavy atom. The number of hydrogen-bond acceptors (Lipinski definition) is 3. The maximum Gasteiger partial charge on any atom is 0.416 e. The minimum atomic E-state index is -4.21. The van der Waals surface area contributed by atoms with Gasteiger partial charge in [-0.05, 0) is 5.56 Å². The van der Waals surface area contributed by atoms with Crippen LogP contribution in [0.2, 0.25) is 0 Å². The Bertz CT molecular complexity index is 866. The van der Waals surface area contributed by atoms with Crippen molar-refractivity contribution in [2.75, 3.05) is 6.61 Å². The van der Waals surface area contributed by atoms with Crippen molar-refractivity contribution < 1.29 is 28.2 Å². The molecule has 3 rings (SSSR count). The van der Waals surface area contributed by atoms with E-state index in [0.29, 0.717) is 11.1 Å². The Morgan fingerprint density at radius 2 is 1.11 bits per heavy atom. The van der Waals surface area contributed by atoms with Gasteiger partial charge in [0.05, 0.1) is 12.2 Å². The molecule has 146 valence electrons. The summed E-state index contributed by atoms with van der Waals surface area (Å²) in [5.41, 5.74) is -1.72. The van der Waals surface area contributed by atoms with Crippen LogP contribution in [0.15, 0.2) is 91.0 Å². The highest BCUT2D eigenvalue weighted by atomic mass is 19.4. The first-order chi connectivity index (χ1) is 13.3. The van der Waals surface area contributed by atoms with Crippen molar-refractivity contribution >= 4 is 5.78 Å². The number of aliphatic hydroxyl groups is 2. The number of alkyl halides is 3. The number of aliphatic hydroxyl groups excluding tert-OH is 1. The molecule has 3 nitrogen and oxygen atoms in total. The largest absolute Gasteiger partial charge is 0.416 e. The van der Waals surface area contributed by atoms with Gasteiger partial charge in [0.15, 0.2) is 5.60 Å². The number of ketones is 1. The van der Waals surface area contributed by atoms with Gasteiger partial charge in [-0.25, -0.2) is 0 Å². The third kappa shape index (κ3) is 5.28. The van der Waals surface area contributed by atoms with E-state index in [1.165, 1.54) is 12.1 Å². The van der Waals surface area contributed by atoms with Crippen LogP contribution >= 0.6 is 0 Å². The number of hydrogen-bond donors (Lipinski definition) is 2. The molecule has 1 unspecified atom stereocenters. The average molecular weight is 388 g/mol. The molecule has 0 heterocycles. The summed E-state index contributed by atoms with van der Waals surface area (Å²) in [5.74, 6) is -0.503. The van der Waals surface area contributed by atoms with Crippen LogP contribution in [-0.4, -0.2) is 22.6 Å². The molecule has 0 spiro atoms. The lowest BCUT2D eigenvalue weighted by Gasteiger charge is -2.24. The van der Waals surface area contributed by atoms with E-state index in [1.54, 1.807) is 66.7 Å². The number of benzene rings is 3. The molecule has 0 amide bonds. The summed E-state index contributed by atoms with van der Waals surface area (Å²) in [4.78, 5) is 12.3. The van der Waals surface area contributed by atoms with Gasteiger partial charge in [-0.3, -0.25) is 4.79 Å². The van der Waals surface area contributed by atoms with Crippen molar-refractivity contribution in [3.8, 4) is 0 Å². The van der Waals surface area contributed by atoms with Crippen LogP contribution in [0, 0.1) is 0 Å². The summed E-state index contributed by atoms with van der Waals surface area (Å²) in [6.07, 6.45) is -4.21. The number of halogens is 3. The lowest BCUT2D eigenvalue weighted by atomic mass is 9.87. The minimum Gasteiger partial charge on any atom is -0.393 e. The highest BCUT2D eigenvalue weighted by Crippen LogP contribution is 2.28. The van der Waals surface area contributed by atoms with Gasteiger partial charge in [-0.15, -0.1) is 0 Å². The second-order valence-electron chi connectivity index (χ2n) is 5.94. The van der Waals surface area contributed by atoms with E-state index in [-0.39, 0.29) is 0 Å². The lowest BCUT2D eigenvalue weighted by Crippen LogP contribution is -2.39. The third-order valence-electron chi connectivity index (χ3n) is 3.99. The van der Waals surface area contributed by atoms with Crippen molar-refractivity contribution in [1.82, 2.24) is 0 Å². The predicted octanol–water partition coefficient (Wildman–Crippen LogP) is 4.45. The van der Waals surface area contributed by atoms with Crippen molar-refractivity contribution in [3.63, 3.8) is 0 Å². The average Bonchev–Trinajstić information content (AvgIpc) is 2.74. The summed E-state index contributed by atoms with van der Waals surface area (Å²) in [6, 6.07) is 23.3. The molecule has 1 atom stereocenters. The van der Waals surface area contributed by atoms with Crippen molar-refractivity contribution in [2.24, 2.45) is 0 Å². The molecule has 0 saturated heterocycles. The maximum atomic E-state index is 12.3. The van der Waals surface area contributed by atoms with Gasteiger partial charge in [0.25, 0.3) is 0 Å². The summed E-state index contributed by atoms with van der Waals surface area (Å²) in [5, 5.41) is 19.8. The first-order valence-electron chi connectivity index (χ1n) is 8.40. The molecule has 2 N–H and O–H groups in total. The highest BCUT2D eigenvalue weighted by Gasteiger charge is 2.37. The lowest BCUT2D eigenvalue weighted by molar-refractivity contribution is -0.137. The van der Waals surface area contributed by atoms with Crippen LogP contribution in [-0.2, 0) is 11.8 Å². The number of Topliss-reactive ketones (excluding diaryl/α,β-unsaturated/α-hetero) is 1. The minimum absolute atomic E-state index is 0.373. The topological polar surface area (TPSA) is 57.5 Å². The van der Waals surface area contributed by atoms with E-state index in [0.717, 1.165) is 12.1 Å². The summed E-state index contributed by atoms with van der Waals surface area (Å²) >= 11 is 0. The normalized spacial score (nSPS) is 13.0. The Kier molecular flexibility index (Phi) is 7.09. The predicted molar refractivity (Wildman–Crippen MR) is 99.6 cm³/mol. The van der Waals surface area contributed by atoms with Gasteiger partial charge < -0.3 is 10.2 Å². The first-order valence-corrected chi connectivity index (χ1v) is 8.40. The fourth-order valence-electron chi connectivity index (χ4n) is 2.46. The quantitative estimate of drug-likeness (QED) is 0.649. The van der Waals surface area contributed by atoms with Gasteiger partial charge in [0, 0.05) is 5.56 Å². The van der Waals surface area contributed by atoms with Crippen LogP contribution in [0.4, 0.5) is 13.2 Å². The molecule has 3 aromatic carbocycles. The second-order valence-corrected chi connectivity index (χ2v) is 5.94. The number of carbonyl (C=O) groups is 1. The van der Waals surface area contributed by atoms with E-state index in [1.807, 2.05) is 0 Å². The van der Waals surface area contributed by atoms with E-state index >= 15 is 0 Å². The Morgan fingerprint density at radius 3 is 1.46 bits per heavy atom. The van der Waals surface area contributed by atoms with Crippen LogP contribution in [0.1, 0.15) is 21.5 Å². The second kappa shape index (κ2) is 9.30. The Hall–Kier alpha value is -2.96. The molecule has 0 aliphatic heterocycles. The van der Waals surface area contributed by atoms with Crippen LogP contribution in [0.25, 0.3) is 0 Å². The van der Waals surface area contributed by atoms with E-state index in [9.17, 15) is 28.2 Å². The maximum absolute atomic E-state index is 12.3. The molecule has 0 aromatic heterocycles. The van der Waals surface area contributed by atoms with Crippen molar-refractivity contribution in [1.29, 1.82) is 0 Å². The fourth-order valence-corrected chi connectivity index (χ4v) is 2.46. The van der Waals surface area contributed by atoms with E-state index in [2.05, 4.69) is 0 Å². The molecule has 0 bridgehead atoms. The molecule has 3 aromatic rings. The van der Waals surface area contributed by atoms with Gasteiger partial charge in [0.2, 0.25) is 5.78 Å². The van der Waals surface area contributed by atoms with Gasteiger partial charge in [0.1, 0.15) is 0 Å². The molecular weight excluding hydrogens is 369 g/mol. The molecule has 0 saturated carbocycles. The van der Waals surface area contributed by atoms with Crippen LogP contribution < -0.4 is 0 Å². The van der Waals surface area contributed by atoms with E-state index < -0.39 is 29.7 Å². The molecule has 0 aliphatic rings. The molecule has 0 fully saturated rings. The zero-order valence-corrected chi connectivity index (χ0v) is 14.8. The standard InChI is InChI=1S/C15H14O3.C7H5F3/c16-11-15(18,13-9-5-2-6-10-13)14(17)12-7-3-1-4-8-12;8-7(9,10)6-4-2-1-3-5-6/h1-10,16,18H,11H2;1-5H. The summed E-state index contributed by atoms with van der Waals surface area (Å²) in [7, 11) is 0.